The molecule has 0 aliphatic heterocycles. The molecule has 0 saturated carbocycles. The van der Waals surface area contributed by atoms with Gasteiger partial charge in [-0.05, 0) is 36.9 Å². The normalized spacial score (nSPS) is 10.4. The summed E-state index contributed by atoms with van der Waals surface area (Å²) in [5, 5.41) is 2.87. The average molecular weight is 314 g/mol. The molecule has 1 N–H and O–H groups in total. The number of carbonyl (C=O) groups excluding carboxylic acids is 1. The molecule has 2 aromatic rings. The molecule has 0 bridgehead atoms. The third-order valence-corrected chi connectivity index (χ3v) is 3.41. The van der Waals surface area contributed by atoms with Crippen LogP contribution >= 0.6 is 0 Å². The molecule has 0 aromatic heterocycles. The first-order valence-corrected chi connectivity index (χ1v) is 7.36. The van der Waals surface area contributed by atoms with Gasteiger partial charge < -0.3 is 14.8 Å². The van der Waals surface area contributed by atoms with Crippen LogP contribution in [-0.4, -0.2) is 38.6 Å². The summed E-state index contributed by atoms with van der Waals surface area (Å²) in [6.07, 6.45) is 0. The second-order valence-corrected chi connectivity index (χ2v) is 5.27. The van der Waals surface area contributed by atoms with Crippen molar-refractivity contribution in [1.29, 1.82) is 0 Å². The second-order valence-electron chi connectivity index (χ2n) is 5.27. The van der Waals surface area contributed by atoms with Crippen LogP contribution in [0.25, 0.3) is 0 Å². The van der Waals surface area contributed by atoms with Gasteiger partial charge >= 0.3 is 0 Å². The summed E-state index contributed by atoms with van der Waals surface area (Å²) in [5.74, 6) is 1.40. The van der Waals surface area contributed by atoms with E-state index in [1.807, 2.05) is 60.5 Å². The first kappa shape index (κ1) is 16.8. The number of methoxy groups -OCH3 is 2. The van der Waals surface area contributed by atoms with Crippen LogP contribution in [0.3, 0.4) is 0 Å². The third kappa shape index (κ3) is 5.00. The van der Waals surface area contributed by atoms with Crippen molar-refractivity contribution in [2.24, 2.45) is 0 Å². The van der Waals surface area contributed by atoms with Gasteiger partial charge in [0.05, 0.1) is 26.5 Å². The van der Waals surface area contributed by atoms with Crippen LogP contribution in [0.4, 0.5) is 5.69 Å². The smallest absolute Gasteiger partial charge is 0.238 e. The molecule has 0 radical (unpaired) electrons. The second kappa shape index (κ2) is 8.19. The Morgan fingerprint density at radius 2 is 1.74 bits per heavy atom. The summed E-state index contributed by atoms with van der Waals surface area (Å²) in [7, 11) is 5.14. The number of likely N-dealkylation sites (N-methyl/N-ethyl adjacent to an activating group) is 1. The number of amides is 1. The Morgan fingerprint density at radius 3 is 2.39 bits per heavy atom. The number of nitrogens with zero attached hydrogens (tertiary/aromatic N) is 1. The largest absolute Gasteiger partial charge is 0.497 e. The summed E-state index contributed by atoms with van der Waals surface area (Å²) in [4.78, 5) is 14.1. The lowest BCUT2D eigenvalue weighted by molar-refractivity contribution is -0.117. The summed E-state index contributed by atoms with van der Waals surface area (Å²) in [5.41, 5.74) is 1.80. The Bertz CT molecular complexity index is 641. The number of nitrogens with one attached hydrogen (secondary N) is 1. The van der Waals surface area contributed by atoms with E-state index in [1.165, 1.54) is 0 Å². The van der Waals surface area contributed by atoms with Crippen molar-refractivity contribution in [3.63, 3.8) is 0 Å². The molecule has 1 amide bonds. The lowest BCUT2D eigenvalue weighted by atomic mass is 10.2. The molecule has 2 rings (SSSR count). The third-order valence-electron chi connectivity index (χ3n) is 3.41. The van der Waals surface area contributed by atoms with Gasteiger partial charge in [-0.25, -0.2) is 0 Å². The lowest BCUT2D eigenvalue weighted by Crippen LogP contribution is -2.29. The van der Waals surface area contributed by atoms with Gasteiger partial charge in [-0.15, -0.1) is 0 Å². The van der Waals surface area contributed by atoms with E-state index in [0.717, 1.165) is 11.3 Å². The molecular weight excluding hydrogens is 292 g/mol. The molecule has 0 unspecified atom stereocenters. The fourth-order valence-electron chi connectivity index (χ4n) is 2.28. The maximum absolute atomic E-state index is 12.2. The Morgan fingerprint density at radius 1 is 1.04 bits per heavy atom. The minimum atomic E-state index is -0.0782. The molecular formula is C18H22N2O3. The summed E-state index contributed by atoms with van der Waals surface area (Å²) in [6, 6.07) is 15.2. The van der Waals surface area contributed by atoms with Crippen molar-refractivity contribution in [1.82, 2.24) is 4.90 Å². The number of ether oxygens (including phenoxy) is 2. The first-order valence-electron chi connectivity index (χ1n) is 7.36. The number of benzene rings is 2. The van der Waals surface area contributed by atoms with Gasteiger partial charge in [0, 0.05) is 6.54 Å². The highest BCUT2D eigenvalue weighted by Crippen LogP contribution is 2.22. The predicted octanol–water partition coefficient (Wildman–Crippen LogP) is 2.77. The van der Waals surface area contributed by atoms with E-state index in [2.05, 4.69) is 5.32 Å². The van der Waals surface area contributed by atoms with Crippen molar-refractivity contribution in [3.8, 4) is 11.5 Å². The Hall–Kier alpha value is -2.53. The zero-order chi connectivity index (χ0) is 16.7. The summed E-state index contributed by atoms with van der Waals surface area (Å²) < 4.78 is 10.4. The van der Waals surface area contributed by atoms with Crippen molar-refractivity contribution in [3.05, 3.63) is 54.1 Å². The van der Waals surface area contributed by atoms with Crippen LogP contribution in [0.1, 0.15) is 5.56 Å². The van der Waals surface area contributed by atoms with Crippen molar-refractivity contribution in [2.75, 3.05) is 33.1 Å². The molecule has 0 heterocycles. The van der Waals surface area contributed by atoms with E-state index in [9.17, 15) is 4.79 Å². The monoisotopic (exact) mass is 314 g/mol. The number of hydrogen-bond acceptors (Lipinski definition) is 4. The number of rotatable bonds is 7. The zero-order valence-corrected chi connectivity index (χ0v) is 13.7. The van der Waals surface area contributed by atoms with Gasteiger partial charge in [-0.3, -0.25) is 9.69 Å². The van der Waals surface area contributed by atoms with Crippen LogP contribution in [-0.2, 0) is 11.3 Å². The fraction of sp³-hybridized carbons (Fsp3) is 0.278. The Labute approximate surface area is 136 Å². The highest BCUT2D eigenvalue weighted by Gasteiger charge is 2.10. The molecule has 5 nitrogen and oxygen atoms in total. The van der Waals surface area contributed by atoms with Crippen LogP contribution in [0.2, 0.25) is 0 Å². The topological polar surface area (TPSA) is 50.8 Å². The molecule has 0 aliphatic rings. The quantitative estimate of drug-likeness (QED) is 0.854. The van der Waals surface area contributed by atoms with Gasteiger partial charge in [0.25, 0.3) is 0 Å². The molecule has 122 valence electrons. The maximum atomic E-state index is 12.2. The molecule has 0 fully saturated rings. The molecule has 0 spiro atoms. The van der Waals surface area contributed by atoms with E-state index in [-0.39, 0.29) is 5.91 Å². The predicted molar refractivity (Wildman–Crippen MR) is 91.0 cm³/mol. The van der Waals surface area contributed by atoms with E-state index in [0.29, 0.717) is 24.5 Å². The van der Waals surface area contributed by atoms with Gasteiger partial charge in [0.2, 0.25) is 5.91 Å². The van der Waals surface area contributed by atoms with Gasteiger partial charge in [-0.2, -0.15) is 0 Å². The Kier molecular flexibility index (Phi) is 6.00. The lowest BCUT2D eigenvalue weighted by Gasteiger charge is -2.17. The van der Waals surface area contributed by atoms with Crippen molar-refractivity contribution < 1.29 is 14.3 Å². The number of anilines is 1. The van der Waals surface area contributed by atoms with Crippen molar-refractivity contribution >= 4 is 11.6 Å². The van der Waals surface area contributed by atoms with Crippen LogP contribution < -0.4 is 14.8 Å². The van der Waals surface area contributed by atoms with Gasteiger partial charge in [0.15, 0.2) is 0 Å². The highest BCUT2D eigenvalue weighted by molar-refractivity contribution is 5.93. The van der Waals surface area contributed by atoms with Gasteiger partial charge in [0.1, 0.15) is 11.5 Å². The number of carbonyl (C=O) groups is 1. The fourth-order valence-corrected chi connectivity index (χ4v) is 2.28. The Balaban J connectivity index is 1.88. The minimum absolute atomic E-state index is 0.0782. The molecule has 0 aliphatic carbocycles. The van der Waals surface area contributed by atoms with E-state index in [1.54, 1.807) is 14.2 Å². The summed E-state index contributed by atoms with van der Waals surface area (Å²) >= 11 is 0. The molecule has 5 heteroatoms. The SMILES string of the molecule is COc1ccc(CN(C)CC(=O)Nc2ccccc2OC)cc1. The number of hydrogen-bond donors (Lipinski definition) is 1. The van der Waals surface area contributed by atoms with Crippen LogP contribution in [0.15, 0.2) is 48.5 Å². The minimum Gasteiger partial charge on any atom is -0.497 e. The molecule has 23 heavy (non-hydrogen) atoms. The van der Waals surface area contributed by atoms with Crippen molar-refractivity contribution in [2.45, 2.75) is 6.54 Å². The maximum Gasteiger partial charge on any atom is 0.238 e. The van der Waals surface area contributed by atoms with Crippen LogP contribution in [0, 0.1) is 0 Å². The molecule has 2 aromatic carbocycles. The zero-order valence-electron chi connectivity index (χ0n) is 13.7. The molecule has 0 saturated heterocycles. The van der Waals surface area contributed by atoms with E-state index in [4.69, 9.17) is 9.47 Å². The van der Waals surface area contributed by atoms with E-state index < -0.39 is 0 Å². The average Bonchev–Trinajstić information content (AvgIpc) is 2.55. The first-order chi connectivity index (χ1) is 11.1. The van der Waals surface area contributed by atoms with Crippen LogP contribution in [0.5, 0.6) is 11.5 Å². The number of para-hydroxylation sites is 2. The summed E-state index contributed by atoms with van der Waals surface area (Å²) in [6.45, 7) is 0.980. The van der Waals surface area contributed by atoms with Gasteiger partial charge in [-0.1, -0.05) is 24.3 Å². The molecule has 0 atom stereocenters. The standard InChI is InChI=1S/C18H22N2O3/c1-20(12-14-8-10-15(22-2)11-9-14)13-18(21)19-16-6-4-5-7-17(16)23-3/h4-11H,12-13H2,1-3H3,(H,19,21). The highest BCUT2D eigenvalue weighted by atomic mass is 16.5. The van der Waals surface area contributed by atoms with E-state index >= 15 is 0 Å².